The smallest absolute Gasteiger partial charge is 0.410 e. The molecule has 156 valence electrons. The number of nitrogens with zero attached hydrogens (tertiary/aromatic N) is 4. The number of halogens is 1. The summed E-state index contributed by atoms with van der Waals surface area (Å²) in [6.45, 7) is 6.30. The zero-order valence-electron chi connectivity index (χ0n) is 17.1. The molecular weight excluding hydrogens is 392 g/mol. The summed E-state index contributed by atoms with van der Waals surface area (Å²) in [5, 5.41) is 5.20. The Morgan fingerprint density at radius 3 is 2.72 bits per heavy atom. The van der Waals surface area contributed by atoms with Gasteiger partial charge in [-0.25, -0.2) is 9.78 Å². The van der Waals surface area contributed by atoms with Crippen LogP contribution < -0.4 is 4.74 Å². The largest absolute Gasteiger partial charge is 0.454 e. The van der Waals surface area contributed by atoms with Gasteiger partial charge in [0.2, 0.25) is 0 Å². The van der Waals surface area contributed by atoms with E-state index in [4.69, 9.17) is 26.2 Å². The van der Waals surface area contributed by atoms with Crippen molar-refractivity contribution in [1.29, 1.82) is 0 Å². The van der Waals surface area contributed by atoms with Gasteiger partial charge in [-0.2, -0.15) is 5.10 Å². The molecule has 0 N–H and O–H groups in total. The molecule has 2 aromatic rings. The van der Waals surface area contributed by atoms with Gasteiger partial charge >= 0.3 is 6.09 Å². The lowest BCUT2D eigenvalue weighted by molar-refractivity contribution is 0.00875. The van der Waals surface area contributed by atoms with Gasteiger partial charge in [0.25, 0.3) is 0 Å². The maximum atomic E-state index is 12.9. The fourth-order valence-corrected chi connectivity index (χ4v) is 3.72. The molecule has 1 aliphatic carbocycles. The van der Waals surface area contributed by atoms with Crippen molar-refractivity contribution in [3.05, 3.63) is 35.4 Å². The molecule has 0 radical (unpaired) electrons. The first-order chi connectivity index (χ1) is 13.8. The first-order valence-electron chi connectivity index (χ1n) is 10.2. The molecule has 0 spiro atoms. The molecule has 0 bridgehead atoms. The number of aromatic nitrogens is 3. The first-order valence-corrected chi connectivity index (χ1v) is 10.6. The number of hydrogen-bond acceptors (Lipinski definition) is 5. The number of hydrogen-bond donors (Lipinski definition) is 0. The standard InChI is InChI=1S/C21H27ClN4O3/c1-21(2,3)29-20(27)25-11-5-4-6-16(25)19-17(13-26(24-19)14-7-8-14)28-15-9-10-23-18(22)12-15/h9-10,12-14,16H,4-8,11H2,1-3H3. The Bertz CT molecular complexity index is 888. The lowest BCUT2D eigenvalue weighted by Crippen LogP contribution is -2.42. The molecule has 1 saturated heterocycles. The van der Waals surface area contributed by atoms with Gasteiger partial charge in [-0.05, 0) is 58.9 Å². The van der Waals surface area contributed by atoms with Crippen molar-refractivity contribution < 1.29 is 14.3 Å². The van der Waals surface area contributed by atoms with E-state index in [-0.39, 0.29) is 12.1 Å². The molecule has 1 saturated carbocycles. The van der Waals surface area contributed by atoms with Crippen molar-refractivity contribution in [3.63, 3.8) is 0 Å². The lowest BCUT2D eigenvalue weighted by atomic mass is 9.99. The van der Waals surface area contributed by atoms with Crippen LogP contribution in [0, 0.1) is 0 Å². The van der Waals surface area contributed by atoms with Gasteiger partial charge in [-0.1, -0.05) is 11.6 Å². The summed E-state index contributed by atoms with van der Waals surface area (Å²) in [4.78, 5) is 18.7. The predicted octanol–water partition coefficient (Wildman–Crippen LogP) is 5.52. The third-order valence-corrected chi connectivity index (χ3v) is 5.23. The highest BCUT2D eigenvalue weighted by molar-refractivity contribution is 6.29. The van der Waals surface area contributed by atoms with Gasteiger partial charge in [-0.3, -0.25) is 9.58 Å². The molecule has 2 aliphatic rings. The molecule has 4 rings (SSSR count). The average molecular weight is 419 g/mol. The molecule has 1 amide bonds. The topological polar surface area (TPSA) is 69.5 Å². The highest BCUT2D eigenvalue weighted by Crippen LogP contribution is 2.41. The van der Waals surface area contributed by atoms with E-state index in [0.717, 1.165) is 37.8 Å². The number of rotatable bonds is 4. The summed E-state index contributed by atoms with van der Waals surface area (Å²) in [7, 11) is 0. The maximum absolute atomic E-state index is 12.9. The molecule has 1 unspecified atom stereocenters. The van der Waals surface area contributed by atoms with E-state index in [1.54, 1.807) is 23.2 Å². The van der Waals surface area contributed by atoms with E-state index in [2.05, 4.69) is 4.98 Å². The van der Waals surface area contributed by atoms with Gasteiger partial charge < -0.3 is 9.47 Å². The minimum atomic E-state index is -0.542. The van der Waals surface area contributed by atoms with Crippen molar-refractivity contribution in [2.45, 2.75) is 70.6 Å². The van der Waals surface area contributed by atoms with Gasteiger partial charge in [0, 0.05) is 18.8 Å². The average Bonchev–Trinajstić information content (AvgIpc) is 3.42. The van der Waals surface area contributed by atoms with Crippen molar-refractivity contribution in [2.24, 2.45) is 0 Å². The number of pyridine rings is 1. The van der Waals surface area contributed by atoms with Crippen molar-refractivity contribution in [3.8, 4) is 11.5 Å². The van der Waals surface area contributed by atoms with Crippen LogP contribution in [0.1, 0.15) is 70.7 Å². The summed E-state index contributed by atoms with van der Waals surface area (Å²) in [5.74, 6) is 1.25. The second kappa shape index (κ2) is 7.86. The number of amides is 1. The molecule has 7 nitrogen and oxygen atoms in total. The van der Waals surface area contributed by atoms with Crippen molar-refractivity contribution in [1.82, 2.24) is 19.7 Å². The van der Waals surface area contributed by atoms with Crippen LogP contribution in [0.5, 0.6) is 11.5 Å². The second-order valence-electron chi connectivity index (χ2n) is 8.69. The molecule has 1 aliphatic heterocycles. The summed E-state index contributed by atoms with van der Waals surface area (Å²) in [5.41, 5.74) is 0.231. The van der Waals surface area contributed by atoms with Crippen LogP contribution in [-0.2, 0) is 4.74 Å². The summed E-state index contributed by atoms with van der Waals surface area (Å²) < 4.78 is 13.8. The maximum Gasteiger partial charge on any atom is 0.410 e. The first kappa shape index (κ1) is 20.0. The number of ether oxygens (including phenoxy) is 2. The van der Waals surface area contributed by atoms with Gasteiger partial charge in [0.1, 0.15) is 22.2 Å². The SMILES string of the molecule is CC(C)(C)OC(=O)N1CCCCC1c1nn(C2CC2)cc1Oc1ccnc(Cl)c1. The van der Waals surface area contributed by atoms with Crippen molar-refractivity contribution >= 4 is 17.7 Å². The zero-order valence-corrected chi connectivity index (χ0v) is 17.9. The Balaban J connectivity index is 1.65. The molecule has 1 atom stereocenters. The van der Waals surface area contributed by atoms with E-state index in [1.165, 1.54) is 0 Å². The van der Waals surface area contributed by atoms with E-state index in [0.29, 0.717) is 29.2 Å². The molecular formula is C21H27ClN4O3. The molecule has 2 fully saturated rings. The molecule has 8 heteroatoms. The van der Waals surface area contributed by atoms with Crippen LogP contribution in [0.3, 0.4) is 0 Å². The predicted molar refractivity (Wildman–Crippen MR) is 109 cm³/mol. The fraction of sp³-hybridized carbons (Fsp3) is 0.571. The molecule has 3 heterocycles. The Kier molecular flexibility index (Phi) is 5.42. The monoisotopic (exact) mass is 418 g/mol. The molecule has 2 aromatic heterocycles. The zero-order chi connectivity index (χ0) is 20.6. The Labute approximate surface area is 175 Å². The second-order valence-corrected chi connectivity index (χ2v) is 9.08. The number of carbonyl (C=O) groups is 1. The minimum absolute atomic E-state index is 0.175. The quantitative estimate of drug-likeness (QED) is 0.611. The van der Waals surface area contributed by atoms with Crippen molar-refractivity contribution in [2.75, 3.05) is 6.54 Å². The number of piperidine rings is 1. The van der Waals surface area contributed by atoms with Gasteiger partial charge in [-0.15, -0.1) is 0 Å². The Hall–Kier alpha value is -2.28. The molecule has 0 aromatic carbocycles. The number of carbonyl (C=O) groups excluding carboxylic acids is 1. The van der Waals surface area contributed by atoms with E-state index in [9.17, 15) is 4.79 Å². The summed E-state index contributed by atoms with van der Waals surface area (Å²) >= 11 is 6.01. The third-order valence-electron chi connectivity index (χ3n) is 5.02. The summed E-state index contributed by atoms with van der Waals surface area (Å²) in [6, 6.07) is 3.67. The van der Waals surface area contributed by atoms with E-state index >= 15 is 0 Å². The van der Waals surface area contributed by atoms with Crippen LogP contribution >= 0.6 is 11.6 Å². The van der Waals surface area contributed by atoms with E-state index in [1.807, 2.05) is 31.6 Å². The summed E-state index contributed by atoms with van der Waals surface area (Å²) in [6.07, 6.45) is 8.27. The van der Waals surface area contributed by atoms with Crippen LogP contribution in [0.15, 0.2) is 24.5 Å². The Morgan fingerprint density at radius 2 is 2.03 bits per heavy atom. The third kappa shape index (κ3) is 4.83. The van der Waals surface area contributed by atoms with E-state index < -0.39 is 5.60 Å². The van der Waals surface area contributed by atoms with Gasteiger partial charge in [0.15, 0.2) is 5.75 Å². The molecule has 29 heavy (non-hydrogen) atoms. The van der Waals surface area contributed by atoms with Crippen LogP contribution in [0.2, 0.25) is 5.15 Å². The fourth-order valence-electron chi connectivity index (χ4n) is 3.55. The highest BCUT2D eigenvalue weighted by atomic mass is 35.5. The number of likely N-dealkylation sites (tertiary alicyclic amines) is 1. The van der Waals surface area contributed by atoms with Crippen LogP contribution in [0.25, 0.3) is 0 Å². The highest BCUT2D eigenvalue weighted by Gasteiger charge is 2.36. The minimum Gasteiger partial charge on any atom is -0.454 e. The lowest BCUT2D eigenvalue weighted by Gasteiger charge is -2.36. The van der Waals surface area contributed by atoms with Crippen LogP contribution in [0.4, 0.5) is 4.79 Å². The normalized spacial score (nSPS) is 19.9. The van der Waals surface area contributed by atoms with Crippen LogP contribution in [-0.4, -0.2) is 37.9 Å². The Morgan fingerprint density at radius 1 is 1.24 bits per heavy atom. The van der Waals surface area contributed by atoms with Gasteiger partial charge in [0.05, 0.1) is 18.3 Å².